The number of nitrogens with one attached hydrogen (secondary N) is 3. The lowest BCUT2D eigenvalue weighted by atomic mass is 10.0. The summed E-state index contributed by atoms with van der Waals surface area (Å²) in [6, 6.07) is 11.8. The lowest BCUT2D eigenvalue weighted by Crippen LogP contribution is -2.38. The number of pyridine rings is 2. The van der Waals surface area contributed by atoms with Crippen LogP contribution in [0.3, 0.4) is 0 Å². The summed E-state index contributed by atoms with van der Waals surface area (Å²) in [6.45, 7) is 2.92. The number of H-pyrrole nitrogens is 1. The van der Waals surface area contributed by atoms with E-state index in [0.717, 1.165) is 49.2 Å². The number of hydrogen-bond donors (Lipinski definition) is 3. The second kappa shape index (κ2) is 10.9. The summed E-state index contributed by atoms with van der Waals surface area (Å²) in [5.74, 6) is 1.11. The van der Waals surface area contributed by atoms with E-state index in [0.29, 0.717) is 28.3 Å². The number of aromatic nitrogens is 4. The third-order valence-corrected chi connectivity index (χ3v) is 6.62. The van der Waals surface area contributed by atoms with Crippen molar-refractivity contribution in [1.82, 2.24) is 30.2 Å². The highest BCUT2D eigenvalue weighted by Crippen LogP contribution is 2.32. The number of imidazole rings is 1. The van der Waals surface area contributed by atoms with Crippen LogP contribution < -0.4 is 15.4 Å². The first-order chi connectivity index (χ1) is 17.6. The van der Waals surface area contributed by atoms with Crippen LogP contribution in [0.4, 0.5) is 5.69 Å². The van der Waals surface area contributed by atoms with Gasteiger partial charge in [-0.3, -0.25) is 14.7 Å². The van der Waals surface area contributed by atoms with Gasteiger partial charge in [0, 0.05) is 50.7 Å². The molecule has 0 aliphatic carbocycles. The lowest BCUT2D eigenvalue weighted by Gasteiger charge is -2.33. The average Bonchev–Trinajstić information content (AvgIpc) is 3.35. The number of fused-ring (bicyclic) bond motifs is 1. The van der Waals surface area contributed by atoms with Crippen molar-refractivity contribution in [1.29, 1.82) is 0 Å². The Bertz CT molecular complexity index is 1320. The van der Waals surface area contributed by atoms with Crippen molar-refractivity contribution < 1.29 is 9.53 Å². The van der Waals surface area contributed by atoms with Crippen LogP contribution >= 0.6 is 11.6 Å². The number of rotatable bonds is 8. The maximum absolute atomic E-state index is 11.4. The number of aromatic amines is 1. The fourth-order valence-corrected chi connectivity index (χ4v) is 4.51. The molecule has 186 valence electrons. The number of likely N-dealkylation sites (N-methyl/N-ethyl adjacent to an activating group) is 1. The van der Waals surface area contributed by atoms with E-state index >= 15 is 0 Å². The summed E-state index contributed by atoms with van der Waals surface area (Å²) in [6.07, 6.45) is 7.37. The summed E-state index contributed by atoms with van der Waals surface area (Å²) >= 11 is 6.56. The van der Waals surface area contributed by atoms with Crippen molar-refractivity contribution in [2.24, 2.45) is 0 Å². The molecule has 1 aliphatic rings. The Morgan fingerprint density at radius 2 is 1.92 bits per heavy atom. The van der Waals surface area contributed by atoms with E-state index in [1.807, 2.05) is 36.7 Å². The highest BCUT2D eigenvalue weighted by Gasteiger charge is 2.22. The van der Waals surface area contributed by atoms with Crippen LogP contribution in [-0.2, 0) is 11.3 Å². The largest absolute Gasteiger partial charge is 0.484 e. The van der Waals surface area contributed by atoms with E-state index in [1.165, 1.54) is 5.56 Å². The highest BCUT2D eigenvalue weighted by molar-refractivity contribution is 6.34. The standard InChI is InChI=1S/C26H28ClN7O2/c1-28-22(35)16-36-20-4-2-18(3-5-20)25-32-24-23(21(27)14-30-26(24)33-25)31-19-8-12-34(13-9-19)15-17-6-10-29-11-7-17/h2-7,10-11,14,19H,8-9,12-13,15-16H2,1H3,(H,28,35)(H2,30,31,32,33). The van der Waals surface area contributed by atoms with Crippen LogP contribution in [0.2, 0.25) is 5.02 Å². The number of carbonyl (C=O) groups excluding carboxylic acids is 1. The van der Waals surface area contributed by atoms with E-state index in [2.05, 4.69) is 42.6 Å². The predicted molar refractivity (Wildman–Crippen MR) is 140 cm³/mol. The second-order valence-electron chi connectivity index (χ2n) is 8.80. The van der Waals surface area contributed by atoms with E-state index in [9.17, 15) is 4.79 Å². The number of anilines is 1. The van der Waals surface area contributed by atoms with Crippen molar-refractivity contribution in [3.05, 3.63) is 65.6 Å². The van der Waals surface area contributed by atoms with Gasteiger partial charge in [0.15, 0.2) is 12.3 Å². The Labute approximate surface area is 214 Å². The van der Waals surface area contributed by atoms with Gasteiger partial charge in [0.2, 0.25) is 0 Å². The molecule has 1 saturated heterocycles. The first-order valence-electron chi connectivity index (χ1n) is 11.9. The van der Waals surface area contributed by atoms with Gasteiger partial charge in [0.25, 0.3) is 5.91 Å². The van der Waals surface area contributed by atoms with Gasteiger partial charge < -0.3 is 20.4 Å². The minimum atomic E-state index is -0.182. The molecule has 0 bridgehead atoms. The number of nitrogens with zero attached hydrogens (tertiary/aromatic N) is 4. The van der Waals surface area contributed by atoms with E-state index in [4.69, 9.17) is 21.3 Å². The van der Waals surface area contributed by atoms with E-state index in [-0.39, 0.29) is 12.5 Å². The van der Waals surface area contributed by atoms with Crippen molar-refractivity contribution >= 4 is 34.4 Å². The number of carbonyl (C=O) groups is 1. The van der Waals surface area contributed by atoms with Gasteiger partial charge in [-0.25, -0.2) is 9.97 Å². The summed E-state index contributed by atoms with van der Waals surface area (Å²) in [4.78, 5) is 30.5. The third-order valence-electron chi connectivity index (χ3n) is 6.34. The fourth-order valence-electron chi connectivity index (χ4n) is 4.32. The number of benzene rings is 1. The molecule has 1 fully saturated rings. The molecule has 0 spiro atoms. The van der Waals surface area contributed by atoms with Gasteiger partial charge >= 0.3 is 0 Å². The van der Waals surface area contributed by atoms with Gasteiger partial charge in [-0.15, -0.1) is 0 Å². The molecular formula is C26H28ClN7O2. The summed E-state index contributed by atoms with van der Waals surface area (Å²) in [5, 5.41) is 6.72. The normalized spacial score (nSPS) is 14.6. The zero-order chi connectivity index (χ0) is 24.9. The van der Waals surface area contributed by atoms with Gasteiger partial charge in [-0.1, -0.05) is 11.6 Å². The number of hydrogen-bond acceptors (Lipinski definition) is 7. The van der Waals surface area contributed by atoms with Crippen LogP contribution in [0.1, 0.15) is 18.4 Å². The molecule has 5 rings (SSSR count). The molecule has 36 heavy (non-hydrogen) atoms. The summed E-state index contributed by atoms with van der Waals surface area (Å²) in [5.41, 5.74) is 4.36. The molecule has 1 aromatic carbocycles. The van der Waals surface area contributed by atoms with E-state index < -0.39 is 0 Å². The van der Waals surface area contributed by atoms with E-state index in [1.54, 1.807) is 13.2 Å². The van der Waals surface area contributed by atoms with Crippen LogP contribution in [0.25, 0.3) is 22.6 Å². The number of halogens is 1. The van der Waals surface area contributed by atoms with Gasteiger partial charge in [-0.05, 0) is 54.8 Å². The molecule has 10 heteroatoms. The average molecular weight is 506 g/mol. The van der Waals surface area contributed by atoms with Gasteiger partial charge in [-0.2, -0.15) is 0 Å². The molecule has 0 saturated carbocycles. The van der Waals surface area contributed by atoms with Crippen molar-refractivity contribution in [2.75, 3.05) is 32.1 Å². The maximum atomic E-state index is 11.4. The molecule has 0 radical (unpaired) electrons. The Morgan fingerprint density at radius 3 is 2.64 bits per heavy atom. The minimum absolute atomic E-state index is 0.0272. The molecule has 3 N–H and O–H groups in total. The summed E-state index contributed by atoms with van der Waals surface area (Å²) < 4.78 is 5.48. The number of amides is 1. The smallest absolute Gasteiger partial charge is 0.257 e. The Hall–Kier alpha value is -3.69. The Balaban J connectivity index is 1.26. The maximum Gasteiger partial charge on any atom is 0.257 e. The van der Waals surface area contributed by atoms with Crippen LogP contribution in [0.5, 0.6) is 5.75 Å². The zero-order valence-electron chi connectivity index (χ0n) is 20.0. The first-order valence-corrected chi connectivity index (χ1v) is 12.3. The molecule has 9 nitrogen and oxygen atoms in total. The number of piperidine rings is 1. The van der Waals surface area contributed by atoms with Crippen molar-refractivity contribution in [3.63, 3.8) is 0 Å². The molecule has 1 aliphatic heterocycles. The quantitative estimate of drug-likeness (QED) is 0.333. The lowest BCUT2D eigenvalue weighted by molar-refractivity contribution is -0.122. The van der Waals surface area contributed by atoms with Crippen LogP contribution in [0.15, 0.2) is 55.0 Å². The van der Waals surface area contributed by atoms with Crippen molar-refractivity contribution in [2.45, 2.75) is 25.4 Å². The third kappa shape index (κ3) is 5.58. The van der Waals surface area contributed by atoms with Gasteiger partial charge in [0.1, 0.15) is 17.1 Å². The van der Waals surface area contributed by atoms with Crippen LogP contribution in [0, 0.1) is 0 Å². The molecule has 1 amide bonds. The molecule has 4 heterocycles. The minimum Gasteiger partial charge on any atom is -0.484 e. The summed E-state index contributed by atoms with van der Waals surface area (Å²) in [7, 11) is 1.58. The SMILES string of the molecule is CNC(=O)COc1ccc(-c2nc3c(NC4CCN(Cc5ccncc5)CC4)c(Cl)cnc3[nH]2)cc1. The molecule has 3 aromatic heterocycles. The Kier molecular flexibility index (Phi) is 7.29. The second-order valence-corrected chi connectivity index (χ2v) is 9.21. The molecular weight excluding hydrogens is 478 g/mol. The highest BCUT2D eigenvalue weighted by atomic mass is 35.5. The first kappa shape index (κ1) is 24.0. The molecule has 4 aromatic rings. The Morgan fingerprint density at radius 1 is 1.17 bits per heavy atom. The number of ether oxygens (including phenoxy) is 1. The predicted octanol–water partition coefficient (Wildman–Crippen LogP) is 3.87. The fraction of sp³-hybridized carbons (Fsp3) is 0.308. The molecule has 0 atom stereocenters. The van der Waals surface area contributed by atoms with Gasteiger partial charge in [0.05, 0.1) is 16.9 Å². The monoisotopic (exact) mass is 505 g/mol. The number of likely N-dealkylation sites (tertiary alicyclic amines) is 1. The topological polar surface area (TPSA) is 108 Å². The molecule has 0 unspecified atom stereocenters. The van der Waals surface area contributed by atoms with Crippen molar-refractivity contribution in [3.8, 4) is 17.1 Å². The van der Waals surface area contributed by atoms with Crippen LogP contribution in [-0.4, -0.2) is 63.5 Å². The zero-order valence-corrected chi connectivity index (χ0v) is 20.8.